The smallest absolute Gasteiger partial charge is 0.271 e. The largest absolute Gasteiger partial charge is 0.492 e. The number of likely N-dealkylation sites (N-methyl/N-ethyl adjacent to an activating group) is 1. The van der Waals surface area contributed by atoms with Crippen LogP contribution in [-0.2, 0) is 12.8 Å². The van der Waals surface area contributed by atoms with Crippen LogP contribution in [0.4, 0.5) is 4.39 Å². The molecular weight excluding hydrogens is 369 g/mol. The van der Waals surface area contributed by atoms with E-state index in [1.807, 2.05) is 38.4 Å². The van der Waals surface area contributed by atoms with Crippen LogP contribution in [0.2, 0.25) is 0 Å². The molecule has 4 rings (SSSR count). The molecule has 1 unspecified atom stereocenters. The number of benzene rings is 2. The van der Waals surface area contributed by atoms with E-state index in [0.717, 1.165) is 35.3 Å². The van der Waals surface area contributed by atoms with E-state index in [-0.39, 0.29) is 11.4 Å². The van der Waals surface area contributed by atoms with E-state index in [1.165, 1.54) is 16.8 Å². The Balaban J connectivity index is 1.65. The SMILES string of the molecule is CC(COc1ccc(-n2nc3c(cc2=O)CCc2ccc(F)cc2-3)cc1)N(C)C. The Morgan fingerprint density at radius 2 is 1.83 bits per heavy atom. The Morgan fingerprint density at radius 1 is 1.10 bits per heavy atom. The maximum absolute atomic E-state index is 13.8. The molecule has 2 aromatic carbocycles. The summed E-state index contributed by atoms with van der Waals surface area (Å²) >= 11 is 0. The predicted molar refractivity (Wildman–Crippen MR) is 111 cm³/mol. The molecule has 0 N–H and O–H groups in total. The lowest BCUT2D eigenvalue weighted by atomic mass is 9.89. The minimum Gasteiger partial charge on any atom is -0.492 e. The van der Waals surface area contributed by atoms with Crippen molar-refractivity contribution >= 4 is 0 Å². The number of hydrogen-bond donors (Lipinski definition) is 0. The van der Waals surface area contributed by atoms with Crippen molar-refractivity contribution in [3.05, 3.63) is 75.8 Å². The van der Waals surface area contributed by atoms with Gasteiger partial charge < -0.3 is 9.64 Å². The van der Waals surface area contributed by atoms with Crippen molar-refractivity contribution in [2.45, 2.75) is 25.8 Å². The Kier molecular flexibility index (Phi) is 5.20. The number of rotatable bonds is 5. The van der Waals surface area contributed by atoms with E-state index in [4.69, 9.17) is 4.74 Å². The molecule has 0 spiro atoms. The molecule has 0 saturated heterocycles. The number of hydrogen-bond acceptors (Lipinski definition) is 4. The second-order valence-electron chi connectivity index (χ2n) is 7.69. The van der Waals surface area contributed by atoms with Crippen molar-refractivity contribution < 1.29 is 9.13 Å². The zero-order chi connectivity index (χ0) is 20.5. The van der Waals surface area contributed by atoms with Gasteiger partial charge >= 0.3 is 0 Å². The first kappa shape index (κ1) is 19.3. The number of halogens is 1. The van der Waals surface area contributed by atoms with Crippen molar-refractivity contribution in [1.82, 2.24) is 14.7 Å². The zero-order valence-corrected chi connectivity index (χ0v) is 16.9. The van der Waals surface area contributed by atoms with Gasteiger partial charge in [-0.1, -0.05) is 6.07 Å². The molecule has 0 fully saturated rings. The van der Waals surface area contributed by atoms with Gasteiger partial charge in [0.2, 0.25) is 0 Å². The molecule has 1 aliphatic carbocycles. The summed E-state index contributed by atoms with van der Waals surface area (Å²) in [6, 6.07) is 14.0. The Bertz CT molecular complexity index is 1090. The molecule has 1 heterocycles. The standard InChI is InChI=1S/C23H24FN3O2/c1-15(26(2)3)14-29-20-10-8-19(9-11-20)27-22(28)12-17-5-4-16-6-7-18(24)13-21(16)23(17)25-27/h6-13,15H,4-5,14H2,1-3H3. The lowest BCUT2D eigenvalue weighted by molar-refractivity contribution is 0.198. The zero-order valence-electron chi connectivity index (χ0n) is 16.9. The highest BCUT2D eigenvalue weighted by atomic mass is 19.1. The van der Waals surface area contributed by atoms with Gasteiger partial charge in [-0.2, -0.15) is 9.78 Å². The summed E-state index contributed by atoms with van der Waals surface area (Å²) in [7, 11) is 4.02. The van der Waals surface area contributed by atoms with Crippen molar-refractivity contribution in [2.24, 2.45) is 0 Å². The maximum Gasteiger partial charge on any atom is 0.271 e. The topological polar surface area (TPSA) is 47.4 Å². The van der Waals surface area contributed by atoms with Gasteiger partial charge in [-0.05, 0) is 81.4 Å². The second-order valence-corrected chi connectivity index (χ2v) is 7.69. The molecule has 6 heteroatoms. The van der Waals surface area contributed by atoms with Crippen LogP contribution in [0.5, 0.6) is 5.75 Å². The third-order valence-electron chi connectivity index (χ3n) is 5.46. The molecular formula is C23H24FN3O2. The molecule has 1 atom stereocenters. The molecule has 1 aromatic heterocycles. The fourth-order valence-corrected chi connectivity index (χ4v) is 3.40. The highest BCUT2D eigenvalue weighted by Crippen LogP contribution is 2.31. The first-order chi connectivity index (χ1) is 13.9. The summed E-state index contributed by atoms with van der Waals surface area (Å²) in [6.07, 6.45) is 1.51. The van der Waals surface area contributed by atoms with Gasteiger partial charge in [0.05, 0.1) is 11.4 Å². The van der Waals surface area contributed by atoms with Crippen LogP contribution in [0.3, 0.4) is 0 Å². The third-order valence-corrected chi connectivity index (χ3v) is 5.46. The Hall–Kier alpha value is -2.99. The number of nitrogens with zero attached hydrogens (tertiary/aromatic N) is 3. The number of fused-ring (bicyclic) bond motifs is 3. The Morgan fingerprint density at radius 3 is 2.55 bits per heavy atom. The quantitative estimate of drug-likeness (QED) is 0.666. The maximum atomic E-state index is 13.8. The van der Waals surface area contributed by atoms with Crippen molar-refractivity contribution in [3.63, 3.8) is 0 Å². The van der Waals surface area contributed by atoms with Gasteiger partial charge in [-0.15, -0.1) is 0 Å². The molecule has 1 aliphatic rings. The molecule has 0 saturated carbocycles. The van der Waals surface area contributed by atoms with Gasteiger partial charge in [0.15, 0.2) is 0 Å². The van der Waals surface area contributed by atoms with E-state index in [2.05, 4.69) is 16.9 Å². The second kappa shape index (κ2) is 7.79. The van der Waals surface area contributed by atoms with E-state index in [1.54, 1.807) is 12.1 Å². The molecule has 3 aromatic rings. The van der Waals surface area contributed by atoms with Gasteiger partial charge in [0.1, 0.15) is 18.2 Å². The fourth-order valence-electron chi connectivity index (χ4n) is 3.40. The van der Waals surface area contributed by atoms with Crippen LogP contribution in [0.15, 0.2) is 53.3 Å². The van der Waals surface area contributed by atoms with Crippen LogP contribution in [0.1, 0.15) is 18.1 Å². The van der Waals surface area contributed by atoms with Crippen LogP contribution >= 0.6 is 0 Å². The Labute approximate surface area is 169 Å². The fraction of sp³-hybridized carbons (Fsp3) is 0.304. The molecule has 29 heavy (non-hydrogen) atoms. The third kappa shape index (κ3) is 3.93. The van der Waals surface area contributed by atoms with Gasteiger partial charge in [-0.25, -0.2) is 4.39 Å². The summed E-state index contributed by atoms with van der Waals surface area (Å²) in [5, 5.41) is 4.58. The molecule has 5 nitrogen and oxygen atoms in total. The molecule has 0 radical (unpaired) electrons. The summed E-state index contributed by atoms with van der Waals surface area (Å²) in [5.74, 6) is 0.436. The molecule has 0 amide bonds. The highest BCUT2D eigenvalue weighted by Gasteiger charge is 2.20. The van der Waals surface area contributed by atoms with E-state index in [0.29, 0.717) is 24.0 Å². The van der Waals surface area contributed by atoms with E-state index >= 15 is 0 Å². The predicted octanol–water partition coefficient (Wildman–Crippen LogP) is 3.47. The van der Waals surface area contributed by atoms with Crippen LogP contribution in [0.25, 0.3) is 16.9 Å². The van der Waals surface area contributed by atoms with E-state index in [9.17, 15) is 9.18 Å². The van der Waals surface area contributed by atoms with Gasteiger partial charge in [0.25, 0.3) is 5.56 Å². The minimum atomic E-state index is -0.301. The van der Waals surface area contributed by atoms with Crippen molar-refractivity contribution in [2.75, 3.05) is 20.7 Å². The number of ether oxygens (including phenoxy) is 1. The minimum absolute atomic E-state index is 0.196. The van der Waals surface area contributed by atoms with Crippen LogP contribution in [-0.4, -0.2) is 41.4 Å². The summed E-state index contributed by atoms with van der Waals surface area (Å²) < 4.78 is 21.0. The first-order valence-corrected chi connectivity index (χ1v) is 9.74. The average Bonchev–Trinajstić information content (AvgIpc) is 2.71. The van der Waals surface area contributed by atoms with E-state index < -0.39 is 0 Å². The highest BCUT2D eigenvalue weighted by molar-refractivity contribution is 5.69. The normalized spacial score (nSPS) is 13.7. The van der Waals surface area contributed by atoms with Crippen LogP contribution < -0.4 is 10.3 Å². The number of aromatic nitrogens is 2. The van der Waals surface area contributed by atoms with Crippen LogP contribution in [0, 0.1) is 5.82 Å². The van der Waals surface area contributed by atoms with Gasteiger partial charge in [0, 0.05) is 17.7 Å². The number of aryl methyl sites for hydroxylation is 2. The monoisotopic (exact) mass is 393 g/mol. The lowest BCUT2D eigenvalue weighted by Gasteiger charge is -2.20. The average molecular weight is 393 g/mol. The first-order valence-electron chi connectivity index (χ1n) is 9.74. The summed E-state index contributed by atoms with van der Waals surface area (Å²) in [6.45, 7) is 2.66. The lowest BCUT2D eigenvalue weighted by Crippen LogP contribution is -2.30. The van der Waals surface area contributed by atoms with Crippen molar-refractivity contribution in [3.8, 4) is 22.7 Å². The van der Waals surface area contributed by atoms with Gasteiger partial charge in [-0.3, -0.25) is 4.79 Å². The molecule has 150 valence electrons. The summed E-state index contributed by atoms with van der Waals surface area (Å²) in [4.78, 5) is 14.7. The molecule has 0 aliphatic heterocycles. The summed E-state index contributed by atoms with van der Waals surface area (Å²) in [5.41, 5.74) is 3.80. The molecule has 0 bridgehead atoms. The van der Waals surface area contributed by atoms with Crippen molar-refractivity contribution in [1.29, 1.82) is 0 Å².